The molecule has 0 amide bonds. The van der Waals surface area contributed by atoms with Crippen molar-refractivity contribution in [2.24, 2.45) is 5.92 Å². The van der Waals surface area contributed by atoms with Crippen molar-refractivity contribution in [2.75, 3.05) is 6.54 Å². The number of hydrogen-bond donors (Lipinski definition) is 1. The molecular weight excluding hydrogens is 182 g/mol. The second-order valence-corrected chi connectivity index (χ2v) is 5.09. The van der Waals surface area contributed by atoms with Crippen molar-refractivity contribution in [3.05, 3.63) is 35.4 Å². The van der Waals surface area contributed by atoms with E-state index in [9.17, 15) is 0 Å². The summed E-state index contributed by atoms with van der Waals surface area (Å²) in [5, 5.41) is 3.62. The monoisotopic (exact) mass is 203 g/mol. The van der Waals surface area contributed by atoms with Crippen LogP contribution in [0.2, 0.25) is 0 Å². The molecule has 1 aromatic rings. The van der Waals surface area contributed by atoms with Crippen LogP contribution in [0.1, 0.15) is 50.3 Å². The summed E-state index contributed by atoms with van der Waals surface area (Å²) < 4.78 is 0. The molecule has 1 unspecified atom stereocenters. The molecule has 15 heavy (non-hydrogen) atoms. The van der Waals surface area contributed by atoms with Crippen LogP contribution >= 0.6 is 0 Å². The van der Waals surface area contributed by atoms with Gasteiger partial charge in [-0.05, 0) is 35.9 Å². The lowest BCUT2D eigenvalue weighted by molar-refractivity contribution is 0.603. The topological polar surface area (TPSA) is 12.0 Å². The standard InChI is InChI=1S/C14H21N/c1-10(2)12-6-4-5-7-13(12)14-8-11(3)9-15-14/h4-7,10-11,14-15H,8-9H2,1-3H3/t11?,14-/m0/s1. The maximum Gasteiger partial charge on any atom is 0.0326 e. The van der Waals surface area contributed by atoms with Gasteiger partial charge in [0.25, 0.3) is 0 Å². The van der Waals surface area contributed by atoms with E-state index in [4.69, 9.17) is 0 Å². The zero-order chi connectivity index (χ0) is 10.8. The summed E-state index contributed by atoms with van der Waals surface area (Å²) in [6.45, 7) is 8.04. The molecule has 1 fully saturated rings. The highest BCUT2D eigenvalue weighted by Gasteiger charge is 2.24. The van der Waals surface area contributed by atoms with Gasteiger partial charge in [-0.15, -0.1) is 0 Å². The maximum atomic E-state index is 3.62. The van der Waals surface area contributed by atoms with Gasteiger partial charge in [-0.25, -0.2) is 0 Å². The van der Waals surface area contributed by atoms with Crippen molar-refractivity contribution in [3.8, 4) is 0 Å². The van der Waals surface area contributed by atoms with Crippen LogP contribution in [0.3, 0.4) is 0 Å². The van der Waals surface area contributed by atoms with Crippen LogP contribution in [0.15, 0.2) is 24.3 Å². The van der Waals surface area contributed by atoms with Gasteiger partial charge in [-0.1, -0.05) is 45.0 Å². The van der Waals surface area contributed by atoms with E-state index in [0.717, 1.165) is 12.5 Å². The highest BCUT2D eigenvalue weighted by Crippen LogP contribution is 2.31. The second-order valence-electron chi connectivity index (χ2n) is 5.09. The molecule has 1 N–H and O–H groups in total. The largest absolute Gasteiger partial charge is 0.310 e. The maximum absolute atomic E-state index is 3.62. The van der Waals surface area contributed by atoms with E-state index < -0.39 is 0 Å². The minimum Gasteiger partial charge on any atom is -0.310 e. The third-order valence-electron chi connectivity index (χ3n) is 3.34. The van der Waals surface area contributed by atoms with Crippen molar-refractivity contribution in [2.45, 2.75) is 39.2 Å². The Hall–Kier alpha value is -0.820. The fraction of sp³-hybridized carbons (Fsp3) is 0.571. The Bertz CT molecular complexity index is 330. The lowest BCUT2D eigenvalue weighted by Gasteiger charge is -2.18. The lowest BCUT2D eigenvalue weighted by Crippen LogP contribution is -2.15. The highest BCUT2D eigenvalue weighted by molar-refractivity contribution is 5.33. The van der Waals surface area contributed by atoms with Crippen molar-refractivity contribution in [1.29, 1.82) is 0 Å². The third-order valence-corrected chi connectivity index (χ3v) is 3.34. The van der Waals surface area contributed by atoms with E-state index in [1.54, 1.807) is 0 Å². The van der Waals surface area contributed by atoms with Gasteiger partial charge in [-0.3, -0.25) is 0 Å². The number of hydrogen-bond acceptors (Lipinski definition) is 1. The minimum atomic E-state index is 0.582. The number of nitrogens with one attached hydrogen (secondary N) is 1. The van der Waals surface area contributed by atoms with Gasteiger partial charge in [0.05, 0.1) is 0 Å². The molecule has 1 heterocycles. The first-order valence-corrected chi connectivity index (χ1v) is 6.00. The van der Waals surface area contributed by atoms with E-state index in [2.05, 4.69) is 50.4 Å². The molecule has 0 aromatic heterocycles. The van der Waals surface area contributed by atoms with Gasteiger partial charge < -0.3 is 5.32 Å². The first kappa shape index (κ1) is 10.7. The van der Waals surface area contributed by atoms with Crippen LogP contribution in [0.25, 0.3) is 0 Å². The Morgan fingerprint density at radius 2 is 2.00 bits per heavy atom. The molecule has 1 aromatic carbocycles. The fourth-order valence-corrected chi connectivity index (χ4v) is 2.50. The van der Waals surface area contributed by atoms with E-state index >= 15 is 0 Å². The van der Waals surface area contributed by atoms with Gasteiger partial charge in [0, 0.05) is 6.04 Å². The lowest BCUT2D eigenvalue weighted by atomic mass is 9.91. The van der Waals surface area contributed by atoms with Crippen LogP contribution in [-0.2, 0) is 0 Å². The molecule has 0 bridgehead atoms. The molecular formula is C14H21N. The quantitative estimate of drug-likeness (QED) is 0.776. The minimum absolute atomic E-state index is 0.582. The Labute approximate surface area is 92.9 Å². The van der Waals surface area contributed by atoms with Gasteiger partial charge in [-0.2, -0.15) is 0 Å². The van der Waals surface area contributed by atoms with Crippen molar-refractivity contribution in [1.82, 2.24) is 5.32 Å². The average molecular weight is 203 g/mol. The molecule has 1 aliphatic heterocycles. The summed E-state index contributed by atoms with van der Waals surface area (Å²) in [7, 11) is 0. The van der Waals surface area contributed by atoms with Crippen LogP contribution in [0, 0.1) is 5.92 Å². The smallest absolute Gasteiger partial charge is 0.0326 e. The zero-order valence-corrected chi connectivity index (χ0v) is 9.96. The molecule has 2 rings (SSSR count). The second kappa shape index (κ2) is 4.36. The molecule has 0 spiro atoms. The molecule has 1 aliphatic rings. The van der Waals surface area contributed by atoms with E-state index in [1.807, 2.05) is 0 Å². The Balaban J connectivity index is 2.27. The predicted molar refractivity (Wildman–Crippen MR) is 65.1 cm³/mol. The molecule has 0 radical (unpaired) electrons. The van der Waals surface area contributed by atoms with E-state index in [-0.39, 0.29) is 0 Å². The summed E-state index contributed by atoms with van der Waals surface area (Å²) in [5.41, 5.74) is 3.01. The third kappa shape index (κ3) is 2.23. The average Bonchev–Trinajstić information content (AvgIpc) is 2.65. The van der Waals surface area contributed by atoms with Crippen LogP contribution in [0.5, 0.6) is 0 Å². The fourth-order valence-electron chi connectivity index (χ4n) is 2.50. The molecule has 82 valence electrons. The SMILES string of the molecule is CC1CN[C@H](c2ccccc2C(C)C)C1. The molecule has 0 saturated carbocycles. The predicted octanol–water partition coefficient (Wildman–Crippen LogP) is 3.48. The molecule has 1 saturated heterocycles. The summed E-state index contributed by atoms with van der Waals surface area (Å²) in [6.07, 6.45) is 1.28. The molecule has 1 heteroatoms. The normalized spacial score (nSPS) is 26.1. The van der Waals surface area contributed by atoms with Crippen molar-refractivity contribution < 1.29 is 0 Å². The van der Waals surface area contributed by atoms with Gasteiger partial charge in [0.2, 0.25) is 0 Å². The number of benzene rings is 1. The Kier molecular flexibility index (Phi) is 3.11. The zero-order valence-electron chi connectivity index (χ0n) is 9.96. The molecule has 0 aliphatic carbocycles. The van der Waals surface area contributed by atoms with Crippen LogP contribution < -0.4 is 5.32 Å². The Morgan fingerprint density at radius 3 is 2.60 bits per heavy atom. The Morgan fingerprint density at radius 1 is 1.27 bits per heavy atom. The number of rotatable bonds is 2. The molecule has 2 atom stereocenters. The van der Waals surface area contributed by atoms with Gasteiger partial charge in [0.1, 0.15) is 0 Å². The summed E-state index contributed by atoms with van der Waals surface area (Å²) in [4.78, 5) is 0. The highest BCUT2D eigenvalue weighted by atomic mass is 14.9. The van der Waals surface area contributed by atoms with Gasteiger partial charge in [0.15, 0.2) is 0 Å². The first-order chi connectivity index (χ1) is 7.18. The van der Waals surface area contributed by atoms with E-state index in [0.29, 0.717) is 12.0 Å². The van der Waals surface area contributed by atoms with Crippen LogP contribution in [-0.4, -0.2) is 6.54 Å². The van der Waals surface area contributed by atoms with Gasteiger partial charge >= 0.3 is 0 Å². The summed E-state index contributed by atoms with van der Waals surface area (Å²) >= 11 is 0. The molecule has 1 nitrogen and oxygen atoms in total. The first-order valence-electron chi connectivity index (χ1n) is 6.00. The van der Waals surface area contributed by atoms with Crippen molar-refractivity contribution in [3.63, 3.8) is 0 Å². The summed E-state index contributed by atoms with van der Waals surface area (Å²) in [6, 6.07) is 9.44. The van der Waals surface area contributed by atoms with Crippen molar-refractivity contribution >= 4 is 0 Å². The van der Waals surface area contributed by atoms with Crippen LogP contribution in [0.4, 0.5) is 0 Å². The van der Waals surface area contributed by atoms with E-state index in [1.165, 1.54) is 17.5 Å². The summed E-state index contributed by atoms with van der Waals surface area (Å²) in [5.74, 6) is 1.44.